The third kappa shape index (κ3) is 2.83. The third-order valence-electron chi connectivity index (χ3n) is 4.39. The van der Waals surface area contributed by atoms with Gasteiger partial charge in [0.05, 0.1) is 0 Å². The maximum absolute atomic E-state index is 4.43. The van der Waals surface area contributed by atoms with Crippen molar-refractivity contribution >= 4 is 5.82 Å². The molecule has 0 unspecified atom stereocenters. The lowest BCUT2D eigenvalue weighted by molar-refractivity contribution is 0.278. The highest BCUT2D eigenvalue weighted by atomic mass is 15.2. The van der Waals surface area contributed by atoms with Gasteiger partial charge in [0.2, 0.25) is 0 Å². The molecule has 0 amide bonds. The minimum absolute atomic E-state index is 0.727. The van der Waals surface area contributed by atoms with E-state index in [0.717, 1.165) is 30.9 Å². The second kappa shape index (κ2) is 5.70. The first kappa shape index (κ1) is 12.0. The van der Waals surface area contributed by atoms with Crippen LogP contribution < -0.4 is 10.2 Å². The molecule has 0 radical (unpaired) electrons. The van der Waals surface area contributed by atoms with Crippen LogP contribution in [0.3, 0.4) is 0 Å². The summed E-state index contributed by atoms with van der Waals surface area (Å²) in [5, 5.41) is 3.75. The van der Waals surface area contributed by atoms with Gasteiger partial charge in [0, 0.05) is 25.3 Å². The molecule has 1 saturated carbocycles. The van der Waals surface area contributed by atoms with Gasteiger partial charge in [-0.1, -0.05) is 12.5 Å². The lowest BCUT2D eigenvalue weighted by atomic mass is 9.85. The summed E-state index contributed by atoms with van der Waals surface area (Å²) in [7, 11) is 0. The van der Waals surface area contributed by atoms with Crippen molar-refractivity contribution in [1.82, 2.24) is 10.3 Å². The topological polar surface area (TPSA) is 28.2 Å². The van der Waals surface area contributed by atoms with Crippen LogP contribution in [0.25, 0.3) is 0 Å². The summed E-state index contributed by atoms with van der Waals surface area (Å²) in [6.45, 7) is 3.52. The molecule has 0 atom stereocenters. The Morgan fingerprint density at radius 2 is 2.00 bits per heavy atom. The van der Waals surface area contributed by atoms with Crippen LogP contribution in [0.4, 0.5) is 5.82 Å². The molecule has 2 fully saturated rings. The van der Waals surface area contributed by atoms with E-state index < -0.39 is 0 Å². The van der Waals surface area contributed by atoms with E-state index in [1.54, 1.807) is 0 Å². The van der Waals surface area contributed by atoms with Gasteiger partial charge < -0.3 is 10.2 Å². The van der Waals surface area contributed by atoms with Gasteiger partial charge in [0.25, 0.3) is 0 Å². The van der Waals surface area contributed by atoms with Crippen LogP contribution >= 0.6 is 0 Å². The molecule has 1 aliphatic carbocycles. The van der Waals surface area contributed by atoms with Gasteiger partial charge in [-0.05, 0) is 50.3 Å². The Morgan fingerprint density at radius 1 is 1.17 bits per heavy atom. The Kier molecular flexibility index (Phi) is 3.79. The van der Waals surface area contributed by atoms with E-state index in [9.17, 15) is 0 Å². The highest BCUT2D eigenvalue weighted by Crippen LogP contribution is 2.26. The average Bonchev–Trinajstić information content (AvgIpc) is 2.39. The number of nitrogens with zero attached hydrogens (tertiary/aromatic N) is 2. The highest BCUT2D eigenvalue weighted by molar-refractivity contribution is 5.38. The molecule has 2 aliphatic rings. The minimum atomic E-state index is 0.727. The van der Waals surface area contributed by atoms with E-state index in [1.807, 2.05) is 12.3 Å². The minimum Gasteiger partial charge on any atom is -0.357 e. The molecule has 1 aromatic heterocycles. The third-order valence-corrected chi connectivity index (χ3v) is 4.39. The van der Waals surface area contributed by atoms with Crippen LogP contribution in [0.5, 0.6) is 0 Å². The van der Waals surface area contributed by atoms with Crippen LogP contribution in [-0.4, -0.2) is 30.7 Å². The van der Waals surface area contributed by atoms with Crippen molar-refractivity contribution in [1.29, 1.82) is 0 Å². The van der Waals surface area contributed by atoms with Gasteiger partial charge >= 0.3 is 0 Å². The molecule has 3 nitrogen and oxygen atoms in total. The first-order valence-corrected chi connectivity index (χ1v) is 7.31. The van der Waals surface area contributed by atoms with Crippen molar-refractivity contribution in [3.8, 4) is 0 Å². The fourth-order valence-corrected chi connectivity index (χ4v) is 2.88. The van der Waals surface area contributed by atoms with Gasteiger partial charge in [0.15, 0.2) is 0 Å². The molecule has 0 aromatic carbocycles. The van der Waals surface area contributed by atoms with Crippen LogP contribution in [-0.2, 0) is 0 Å². The maximum atomic E-state index is 4.43. The first-order chi connectivity index (χ1) is 8.92. The number of hydrogen-bond acceptors (Lipinski definition) is 3. The van der Waals surface area contributed by atoms with Crippen molar-refractivity contribution in [2.45, 2.75) is 38.1 Å². The molecular weight excluding hydrogens is 222 g/mol. The lowest BCUT2D eigenvalue weighted by Crippen LogP contribution is -2.44. The largest absolute Gasteiger partial charge is 0.357 e. The second-order valence-corrected chi connectivity index (χ2v) is 5.65. The lowest BCUT2D eigenvalue weighted by Gasteiger charge is -2.35. The second-order valence-electron chi connectivity index (χ2n) is 5.65. The SMILES string of the molecule is c1ccc(N2CCC(NCC3CCC3)CC2)nc1. The molecule has 3 rings (SSSR count). The van der Waals surface area contributed by atoms with Gasteiger partial charge in [-0.15, -0.1) is 0 Å². The van der Waals surface area contributed by atoms with Crippen molar-refractivity contribution in [2.75, 3.05) is 24.5 Å². The quantitative estimate of drug-likeness (QED) is 0.883. The Morgan fingerprint density at radius 3 is 2.61 bits per heavy atom. The molecule has 2 heterocycles. The molecule has 18 heavy (non-hydrogen) atoms. The van der Waals surface area contributed by atoms with Crippen LogP contribution in [0.15, 0.2) is 24.4 Å². The smallest absolute Gasteiger partial charge is 0.128 e. The zero-order chi connectivity index (χ0) is 12.2. The highest BCUT2D eigenvalue weighted by Gasteiger charge is 2.22. The van der Waals surface area contributed by atoms with E-state index in [-0.39, 0.29) is 0 Å². The van der Waals surface area contributed by atoms with Crippen molar-refractivity contribution in [2.24, 2.45) is 5.92 Å². The molecule has 3 heteroatoms. The van der Waals surface area contributed by atoms with Crippen molar-refractivity contribution < 1.29 is 0 Å². The number of aromatic nitrogens is 1. The predicted molar refractivity (Wildman–Crippen MR) is 74.8 cm³/mol. The summed E-state index contributed by atoms with van der Waals surface area (Å²) in [5.74, 6) is 2.11. The fraction of sp³-hybridized carbons (Fsp3) is 0.667. The molecule has 1 N–H and O–H groups in total. The van der Waals surface area contributed by atoms with Crippen LogP contribution in [0.1, 0.15) is 32.1 Å². The number of nitrogens with one attached hydrogen (secondary N) is 1. The Balaban J connectivity index is 1.43. The van der Waals surface area contributed by atoms with Gasteiger partial charge in [-0.2, -0.15) is 0 Å². The number of anilines is 1. The van der Waals surface area contributed by atoms with Crippen LogP contribution in [0.2, 0.25) is 0 Å². The standard InChI is InChI=1S/C15H23N3/c1-2-9-16-15(6-1)18-10-7-14(8-11-18)17-12-13-4-3-5-13/h1-2,6,9,13-14,17H,3-5,7-8,10-12H2. The molecular formula is C15H23N3. The average molecular weight is 245 g/mol. The number of piperidine rings is 1. The Labute approximate surface area is 110 Å². The fourth-order valence-electron chi connectivity index (χ4n) is 2.88. The molecule has 1 saturated heterocycles. The van der Waals surface area contributed by atoms with E-state index in [1.165, 1.54) is 38.6 Å². The van der Waals surface area contributed by atoms with E-state index in [0.29, 0.717) is 0 Å². The van der Waals surface area contributed by atoms with Crippen molar-refractivity contribution in [3.63, 3.8) is 0 Å². The van der Waals surface area contributed by atoms with E-state index in [4.69, 9.17) is 0 Å². The monoisotopic (exact) mass is 245 g/mol. The van der Waals surface area contributed by atoms with E-state index in [2.05, 4.69) is 27.3 Å². The Bertz CT molecular complexity index is 353. The normalized spacial score (nSPS) is 21.9. The summed E-state index contributed by atoms with van der Waals surface area (Å²) in [5.41, 5.74) is 0. The summed E-state index contributed by atoms with van der Waals surface area (Å²) in [4.78, 5) is 6.83. The maximum Gasteiger partial charge on any atom is 0.128 e. The summed E-state index contributed by atoms with van der Waals surface area (Å²) in [6, 6.07) is 6.90. The molecule has 98 valence electrons. The summed E-state index contributed by atoms with van der Waals surface area (Å²) >= 11 is 0. The number of rotatable bonds is 4. The molecule has 0 bridgehead atoms. The zero-order valence-corrected chi connectivity index (χ0v) is 11.0. The molecule has 0 spiro atoms. The van der Waals surface area contributed by atoms with Crippen LogP contribution in [0, 0.1) is 5.92 Å². The molecule has 1 aromatic rings. The molecule has 1 aliphatic heterocycles. The summed E-state index contributed by atoms with van der Waals surface area (Å²) < 4.78 is 0. The van der Waals surface area contributed by atoms with E-state index >= 15 is 0 Å². The number of pyridine rings is 1. The number of hydrogen-bond donors (Lipinski definition) is 1. The van der Waals surface area contributed by atoms with Gasteiger partial charge in [-0.25, -0.2) is 4.98 Å². The van der Waals surface area contributed by atoms with Gasteiger partial charge in [-0.3, -0.25) is 0 Å². The first-order valence-electron chi connectivity index (χ1n) is 7.31. The summed E-state index contributed by atoms with van der Waals surface area (Å²) in [6.07, 6.45) is 8.73. The Hall–Kier alpha value is -1.09. The zero-order valence-electron chi connectivity index (χ0n) is 11.0. The van der Waals surface area contributed by atoms with Gasteiger partial charge in [0.1, 0.15) is 5.82 Å². The predicted octanol–water partition coefficient (Wildman–Crippen LogP) is 2.44. The van der Waals surface area contributed by atoms with Crippen molar-refractivity contribution in [3.05, 3.63) is 24.4 Å².